The summed E-state index contributed by atoms with van der Waals surface area (Å²) in [6, 6.07) is 5.34. The molecule has 0 aliphatic carbocycles. The minimum absolute atomic E-state index is 0. The highest BCUT2D eigenvalue weighted by Crippen LogP contribution is 2.37. The fourth-order valence-electron chi connectivity index (χ4n) is 4.43. The number of nitrogens with zero attached hydrogens (tertiary/aromatic N) is 3. The third-order valence-electron chi connectivity index (χ3n) is 6.77. The van der Waals surface area contributed by atoms with Gasteiger partial charge >= 0.3 is 0 Å². The SMILES string of the molecule is Cc1s[c+](-[c+]2sc(C)c(C)n2CC(=O)C2CCCCCCN2)n(CC(=O)c2ccccn2)c1C.[Br-].[Br-]. The van der Waals surface area contributed by atoms with Gasteiger partial charge in [-0.2, -0.15) is 9.13 Å². The van der Waals surface area contributed by atoms with E-state index in [-0.39, 0.29) is 58.1 Å². The molecule has 0 bridgehead atoms. The van der Waals surface area contributed by atoms with Gasteiger partial charge in [-0.05, 0) is 31.5 Å². The fraction of sp³-hybridized carbons (Fsp3) is 0.500. The average molecular weight is 659 g/mol. The van der Waals surface area contributed by atoms with Crippen LogP contribution < -0.4 is 39.3 Å². The maximum absolute atomic E-state index is 13.4. The van der Waals surface area contributed by atoms with Crippen LogP contribution in [0.15, 0.2) is 24.4 Å². The first-order valence-corrected chi connectivity index (χ1v) is 13.7. The van der Waals surface area contributed by atoms with Crippen molar-refractivity contribution in [2.75, 3.05) is 6.54 Å². The van der Waals surface area contributed by atoms with Crippen molar-refractivity contribution < 1.29 is 43.6 Å². The number of aryl methyl sites for hydroxylation is 2. The zero-order chi connectivity index (χ0) is 24.2. The molecule has 3 aromatic heterocycles. The Morgan fingerprint density at radius 2 is 1.56 bits per heavy atom. The van der Waals surface area contributed by atoms with Crippen LogP contribution in [0.3, 0.4) is 0 Å². The lowest BCUT2D eigenvalue weighted by Crippen LogP contribution is -3.00. The number of carbonyl (C=O) groups excluding carboxylic acids is 2. The van der Waals surface area contributed by atoms with Gasteiger partial charge in [0.15, 0.2) is 26.9 Å². The molecule has 1 atom stereocenters. The number of rotatable bonds is 7. The van der Waals surface area contributed by atoms with Crippen LogP contribution in [0.1, 0.15) is 63.7 Å². The van der Waals surface area contributed by atoms with Crippen molar-refractivity contribution in [1.29, 1.82) is 0 Å². The molecule has 1 aliphatic rings. The third-order valence-corrected chi connectivity index (χ3v) is 9.31. The molecule has 1 unspecified atom stereocenters. The van der Waals surface area contributed by atoms with Gasteiger partial charge < -0.3 is 39.3 Å². The van der Waals surface area contributed by atoms with E-state index in [1.54, 1.807) is 34.9 Å². The Morgan fingerprint density at radius 1 is 0.944 bits per heavy atom. The molecular formula is C26H34Br2N4O2S2. The monoisotopic (exact) mass is 656 g/mol. The summed E-state index contributed by atoms with van der Waals surface area (Å²) < 4.78 is 4.26. The molecule has 1 saturated heterocycles. The van der Waals surface area contributed by atoms with E-state index in [4.69, 9.17) is 0 Å². The number of hydrogen-bond donors (Lipinski definition) is 1. The average Bonchev–Trinajstić information content (AvgIpc) is 3.24. The van der Waals surface area contributed by atoms with Crippen LogP contribution >= 0.6 is 22.7 Å². The second-order valence-electron chi connectivity index (χ2n) is 9.08. The van der Waals surface area contributed by atoms with Gasteiger partial charge in [-0.15, -0.1) is 0 Å². The Hall–Kier alpha value is -1.33. The second kappa shape index (κ2) is 14.0. The van der Waals surface area contributed by atoms with Crippen LogP contribution in [0.5, 0.6) is 0 Å². The quantitative estimate of drug-likeness (QED) is 0.279. The number of pyridine rings is 1. The summed E-state index contributed by atoms with van der Waals surface area (Å²) in [7, 11) is 0. The van der Waals surface area contributed by atoms with Crippen molar-refractivity contribution in [2.45, 2.75) is 78.9 Å². The highest BCUT2D eigenvalue weighted by molar-refractivity contribution is 7.21. The van der Waals surface area contributed by atoms with Crippen molar-refractivity contribution in [1.82, 2.24) is 19.4 Å². The lowest BCUT2D eigenvalue weighted by atomic mass is 10.0. The van der Waals surface area contributed by atoms with E-state index in [2.05, 4.69) is 47.1 Å². The number of Topliss-reactive ketones (excluding diaryl/α,β-unsaturated/α-hetero) is 2. The smallest absolute Gasteiger partial charge is 0.295 e. The molecule has 0 spiro atoms. The number of hydrogen-bond acceptors (Lipinski definition) is 6. The first-order chi connectivity index (χ1) is 16.4. The molecule has 0 aromatic carbocycles. The van der Waals surface area contributed by atoms with E-state index < -0.39 is 0 Å². The lowest BCUT2D eigenvalue weighted by Gasteiger charge is -2.20. The minimum atomic E-state index is -0.0788. The Labute approximate surface area is 242 Å². The highest BCUT2D eigenvalue weighted by atomic mass is 79.9. The van der Waals surface area contributed by atoms with E-state index in [0.717, 1.165) is 47.2 Å². The summed E-state index contributed by atoms with van der Waals surface area (Å²) in [5.41, 5.74) is 2.67. The molecule has 4 heterocycles. The van der Waals surface area contributed by atoms with Gasteiger partial charge in [-0.3, -0.25) is 14.6 Å². The van der Waals surface area contributed by atoms with Gasteiger partial charge in [0.1, 0.15) is 18.8 Å². The Balaban J connectivity index is 0.00000228. The van der Waals surface area contributed by atoms with Crippen LogP contribution in [-0.2, 0) is 17.9 Å². The van der Waals surface area contributed by atoms with Crippen molar-refractivity contribution in [2.24, 2.45) is 0 Å². The molecule has 0 saturated carbocycles. The van der Waals surface area contributed by atoms with Crippen molar-refractivity contribution in [3.8, 4) is 10.0 Å². The molecule has 1 N–H and O–H groups in total. The minimum Gasteiger partial charge on any atom is -1.00 e. The largest absolute Gasteiger partial charge is 1.00 e. The van der Waals surface area contributed by atoms with Gasteiger partial charge in [0.25, 0.3) is 10.0 Å². The van der Waals surface area contributed by atoms with E-state index in [0.29, 0.717) is 12.2 Å². The number of halogens is 2. The summed E-state index contributed by atoms with van der Waals surface area (Å²) in [6.45, 7) is 9.84. The summed E-state index contributed by atoms with van der Waals surface area (Å²) in [4.78, 5) is 33.0. The first-order valence-electron chi connectivity index (χ1n) is 12.1. The van der Waals surface area contributed by atoms with Gasteiger partial charge in [0.05, 0.1) is 6.04 Å². The van der Waals surface area contributed by atoms with Crippen LogP contribution in [0, 0.1) is 27.7 Å². The van der Waals surface area contributed by atoms with Crippen LogP contribution in [-0.4, -0.2) is 38.3 Å². The maximum atomic E-state index is 13.4. The molecule has 0 radical (unpaired) electrons. The van der Waals surface area contributed by atoms with Crippen molar-refractivity contribution in [3.05, 3.63) is 51.2 Å². The molecule has 0 amide bonds. The molecule has 196 valence electrons. The topological polar surface area (TPSA) is 68.9 Å². The normalized spacial score (nSPS) is 15.8. The molecule has 1 fully saturated rings. The predicted octanol–water partition coefficient (Wildman–Crippen LogP) is -0.347. The number of carbonyl (C=O) groups is 2. The number of ketones is 2. The fourth-order valence-corrected chi connectivity index (χ4v) is 6.79. The number of aromatic nitrogens is 3. The summed E-state index contributed by atoms with van der Waals surface area (Å²) >= 11 is 3.39. The van der Waals surface area contributed by atoms with Gasteiger partial charge in [0, 0.05) is 56.6 Å². The molecule has 10 heteroatoms. The van der Waals surface area contributed by atoms with E-state index in [1.807, 2.05) is 12.1 Å². The summed E-state index contributed by atoms with van der Waals surface area (Å²) in [5, 5.41) is 5.55. The lowest BCUT2D eigenvalue weighted by molar-refractivity contribution is -0.121. The molecular weight excluding hydrogens is 624 g/mol. The van der Waals surface area contributed by atoms with Crippen LogP contribution in [0.25, 0.3) is 10.0 Å². The zero-order valence-electron chi connectivity index (χ0n) is 21.3. The van der Waals surface area contributed by atoms with Crippen molar-refractivity contribution in [3.63, 3.8) is 0 Å². The first kappa shape index (κ1) is 30.9. The van der Waals surface area contributed by atoms with Gasteiger partial charge in [-0.1, -0.05) is 25.3 Å². The summed E-state index contributed by atoms with van der Waals surface area (Å²) in [6.07, 6.45) is 7.24. The second-order valence-corrected chi connectivity index (χ2v) is 11.5. The Bertz CT molecular complexity index is 1190. The molecule has 3 aromatic rings. The molecule has 36 heavy (non-hydrogen) atoms. The van der Waals surface area contributed by atoms with Crippen LogP contribution in [0.4, 0.5) is 0 Å². The predicted molar refractivity (Wildman–Crippen MR) is 140 cm³/mol. The van der Waals surface area contributed by atoms with Crippen LogP contribution in [0.2, 0.25) is 0 Å². The maximum Gasteiger partial charge on any atom is 0.295 e. The van der Waals surface area contributed by atoms with E-state index in [9.17, 15) is 9.59 Å². The Morgan fingerprint density at radius 3 is 2.17 bits per heavy atom. The van der Waals surface area contributed by atoms with Crippen molar-refractivity contribution >= 4 is 34.2 Å². The number of thiazole rings is 2. The highest BCUT2D eigenvalue weighted by Gasteiger charge is 2.35. The van der Waals surface area contributed by atoms with Gasteiger partial charge in [-0.25, -0.2) is 0 Å². The third kappa shape index (κ3) is 6.95. The Kier molecular flexibility index (Phi) is 12.0. The van der Waals surface area contributed by atoms with E-state index in [1.165, 1.54) is 22.6 Å². The molecule has 4 rings (SSSR count). The van der Waals surface area contributed by atoms with E-state index >= 15 is 0 Å². The molecule has 1 aliphatic heterocycles. The standard InChI is InChI=1S/C26H34N4O2S2.2BrH/c1-17-19(3)33-25(29(17)15-23(31)21-11-7-5-6-9-13-27-21)26-30(18(2)20(4)34-26)16-24(32)22-12-8-10-14-28-22;;/h8,10,12,14,21,27H,5-7,9,11,13,15-16H2,1-4H3;2*1H/q+2;;/p-2. The summed E-state index contributed by atoms with van der Waals surface area (Å²) in [5.74, 6) is 0.231. The number of nitrogens with one attached hydrogen (secondary N) is 1. The van der Waals surface area contributed by atoms with Gasteiger partial charge in [0.2, 0.25) is 5.78 Å². The molecule has 6 nitrogen and oxygen atoms in total. The zero-order valence-corrected chi connectivity index (χ0v) is 26.1.